The van der Waals surface area contributed by atoms with Crippen molar-refractivity contribution in [1.29, 1.82) is 0 Å². The number of halogens is 1. The molecule has 210 valence electrons. The van der Waals surface area contributed by atoms with Gasteiger partial charge in [-0.1, -0.05) is 81.3 Å². The molecule has 2 aromatic carbocycles. The van der Waals surface area contributed by atoms with Crippen molar-refractivity contribution in [1.82, 2.24) is 14.8 Å². The van der Waals surface area contributed by atoms with Crippen LogP contribution >= 0.6 is 11.6 Å². The number of hydrogen-bond acceptors (Lipinski definition) is 2. The number of nitrogens with zero attached hydrogens (tertiary/aromatic N) is 2. The first-order valence-corrected chi connectivity index (χ1v) is 15.5. The molecule has 0 saturated carbocycles. The van der Waals surface area contributed by atoms with E-state index in [9.17, 15) is 0 Å². The number of fused-ring (bicyclic) bond motifs is 3. The van der Waals surface area contributed by atoms with Crippen LogP contribution in [0, 0.1) is 6.92 Å². The fourth-order valence-electron chi connectivity index (χ4n) is 6.45. The van der Waals surface area contributed by atoms with Crippen LogP contribution in [0.15, 0.2) is 54.1 Å². The maximum absolute atomic E-state index is 7.06. The highest BCUT2D eigenvalue weighted by atomic mass is 35.5. The molecule has 0 amide bonds. The first-order valence-electron chi connectivity index (χ1n) is 15.1. The Morgan fingerprint density at radius 2 is 1.82 bits per heavy atom. The molecule has 0 bridgehead atoms. The van der Waals surface area contributed by atoms with Gasteiger partial charge in [0.25, 0.3) is 0 Å². The minimum Gasteiger partial charge on any atom is -0.493 e. The van der Waals surface area contributed by atoms with Crippen molar-refractivity contribution in [2.45, 2.75) is 85.1 Å². The van der Waals surface area contributed by atoms with Crippen molar-refractivity contribution >= 4 is 34.0 Å². The lowest BCUT2D eigenvalue weighted by atomic mass is 9.87. The Morgan fingerprint density at radius 1 is 1.02 bits per heavy atom. The number of rotatable bonds is 6. The number of aromatic amines is 1. The molecule has 0 spiro atoms. The molecule has 0 radical (unpaired) electrons. The van der Waals surface area contributed by atoms with E-state index < -0.39 is 0 Å². The Bertz CT molecular complexity index is 1520. The summed E-state index contributed by atoms with van der Waals surface area (Å²) in [5.41, 5.74) is 10.1. The normalized spacial score (nSPS) is 15.0. The largest absolute Gasteiger partial charge is 0.493 e. The second-order valence-electron chi connectivity index (χ2n) is 10.6. The Morgan fingerprint density at radius 3 is 2.67 bits per heavy atom. The van der Waals surface area contributed by atoms with E-state index >= 15 is 0 Å². The maximum atomic E-state index is 7.06. The zero-order valence-corrected chi connectivity index (χ0v) is 25.0. The van der Waals surface area contributed by atoms with E-state index in [-0.39, 0.29) is 0 Å². The number of aryl methyl sites for hydroxylation is 2. The predicted molar refractivity (Wildman–Crippen MR) is 169 cm³/mol. The van der Waals surface area contributed by atoms with Gasteiger partial charge in [-0.3, -0.25) is 5.10 Å². The standard InChI is InChI=1S/C33H36ClN3O.C2H6/c1-3-29-25(15-11-21-38-30-17-10-13-23-12-7-8-14-24(23)30)26-18-19-27(34)32-31-22(2)35-36-28(31)16-6-4-5-9-20-37(29)33(26)32;1-2/h3,7-8,10,12-14,17H,1,4-6,9,11,15-16,18-21H2,2H3,(H,35,36);1-2H3. The summed E-state index contributed by atoms with van der Waals surface area (Å²) in [7, 11) is 0. The smallest absolute Gasteiger partial charge is 0.127 e. The molecular weight excluding hydrogens is 514 g/mol. The average Bonchev–Trinajstić information content (AvgIpc) is 3.49. The van der Waals surface area contributed by atoms with Crippen molar-refractivity contribution in [2.75, 3.05) is 6.61 Å². The van der Waals surface area contributed by atoms with Crippen LogP contribution in [0.1, 0.15) is 91.8 Å². The summed E-state index contributed by atoms with van der Waals surface area (Å²) in [5, 5.41) is 11.3. The Kier molecular flexibility index (Phi) is 9.16. The second-order valence-corrected chi connectivity index (χ2v) is 11.0. The summed E-state index contributed by atoms with van der Waals surface area (Å²) in [6.07, 6.45) is 11.6. The lowest BCUT2D eigenvalue weighted by Gasteiger charge is -2.22. The fraction of sp³-hybridized carbons (Fsp3) is 0.400. The van der Waals surface area contributed by atoms with Gasteiger partial charge in [-0.25, -0.2) is 0 Å². The number of hydrogen-bond donors (Lipinski definition) is 1. The third-order valence-electron chi connectivity index (χ3n) is 8.21. The first-order chi connectivity index (χ1) is 19.7. The second kappa shape index (κ2) is 13.0. The van der Waals surface area contributed by atoms with Crippen molar-refractivity contribution in [3.05, 3.63) is 93.5 Å². The van der Waals surface area contributed by atoms with Gasteiger partial charge in [0.05, 0.1) is 18.0 Å². The Balaban J connectivity index is 0.00000158. The maximum Gasteiger partial charge on any atom is 0.127 e. The fourth-order valence-corrected chi connectivity index (χ4v) is 6.73. The number of ether oxygens (including phenoxy) is 1. The highest BCUT2D eigenvalue weighted by molar-refractivity contribution is 6.33. The minimum absolute atomic E-state index is 0.680. The van der Waals surface area contributed by atoms with Crippen LogP contribution in [0.3, 0.4) is 0 Å². The lowest BCUT2D eigenvalue weighted by molar-refractivity contribution is 0.314. The molecule has 0 fully saturated rings. The summed E-state index contributed by atoms with van der Waals surface area (Å²) in [6.45, 7) is 12.1. The number of benzene rings is 2. The average molecular weight is 556 g/mol. The molecule has 2 aromatic heterocycles. The van der Waals surface area contributed by atoms with E-state index in [1.54, 1.807) is 0 Å². The van der Waals surface area contributed by atoms with Crippen LogP contribution < -0.4 is 4.74 Å². The third kappa shape index (κ3) is 5.39. The van der Waals surface area contributed by atoms with Crippen LogP contribution in [0.5, 0.6) is 5.75 Å². The molecule has 6 rings (SSSR count). The number of allylic oxidation sites excluding steroid dienone is 1. The van der Waals surface area contributed by atoms with Crippen molar-refractivity contribution in [2.24, 2.45) is 0 Å². The Hall–Kier alpha value is -3.24. The summed E-state index contributed by atoms with van der Waals surface area (Å²) in [4.78, 5) is 0. The van der Waals surface area contributed by atoms with Crippen LogP contribution in [0.4, 0.5) is 0 Å². The van der Waals surface area contributed by atoms with Crippen molar-refractivity contribution in [3.8, 4) is 5.75 Å². The predicted octanol–water partition coefficient (Wildman–Crippen LogP) is 9.41. The van der Waals surface area contributed by atoms with Gasteiger partial charge in [0.2, 0.25) is 0 Å². The molecular formula is C35H42ClN3O. The Labute approximate surface area is 244 Å². The zero-order chi connectivity index (χ0) is 28.1. The van der Waals surface area contributed by atoms with Gasteiger partial charge in [0.15, 0.2) is 0 Å². The van der Waals surface area contributed by atoms with E-state index in [0.717, 1.165) is 60.8 Å². The molecule has 3 heterocycles. The van der Waals surface area contributed by atoms with Gasteiger partial charge >= 0.3 is 0 Å². The lowest BCUT2D eigenvalue weighted by Crippen LogP contribution is -2.11. The van der Waals surface area contributed by atoms with E-state index in [1.807, 2.05) is 13.8 Å². The summed E-state index contributed by atoms with van der Waals surface area (Å²) in [6, 6.07) is 14.7. The van der Waals surface area contributed by atoms with Crippen molar-refractivity contribution < 1.29 is 4.74 Å². The van der Waals surface area contributed by atoms with Crippen LogP contribution in [0.2, 0.25) is 0 Å². The van der Waals surface area contributed by atoms with Crippen LogP contribution in [0.25, 0.3) is 22.4 Å². The third-order valence-corrected chi connectivity index (χ3v) is 8.59. The van der Waals surface area contributed by atoms with E-state index in [4.69, 9.17) is 21.4 Å². The van der Waals surface area contributed by atoms with Gasteiger partial charge in [-0.2, -0.15) is 5.10 Å². The van der Waals surface area contributed by atoms with Gasteiger partial charge in [-0.15, -0.1) is 0 Å². The highest BCUT2D eigenvalue weighted by Crippen LogP contribution is 2.44. The quantitative estimate of drug-likeness (QED) is 0.241. The van der Waals surface area contributed by atoms with E-state index in [0.29, 0.717) is 6.61 Å². The van der Waals surface area contributed by atoms with Crippen molar-refractivity contribution in [3.63, 3.8) is 0 Å². The zero-order valence-electron chi connectivity index (χ0n) is 24.3. The van der Waals surface area contributed by atoms with Gasteiger partial charge in [0, 0.05) is 39.5 Å². The molecule has 1 aliphatic carbocycles. The molecule has 4 aromatic rings. The molecule has 4 nitrogen and oxygen atoms in total. The summed E-state index contributed by atoms with van der Waals surface area (Å²) >= 11 is 7.06. The van der Waals surface area contributed by atoms with Crippen LogP contribution in [-0.4, -0.2) is 21.4 Å². The molecule has 5 heteroatoms. The topological polar surface area (TPSA) is 42.8 Å². The monoisotopic (exact) mass is 555 g/mol. The van der Waals surface area contributed by atoms with E-state index in [1.165, 1.54) is 70.1 Å². The number of aromatic nitrogens is 3. The molecule has 0 unspecified atom stereocenters. The van der Waals surface area contributed by atoms with Gasteiger partial charge in [-0.05, 0) is 80.5 Å². The van der Waals surface area contributed by atoms with Gasteiger partial charge < -0.3 is 9.30 Å². The highest BCUT2D eigenvalue weighted by Gasteiger charge is 2.31. The molecule has 40 heavy (non-hydrogen) atoms. The summed E-state index contributed by atoms with van der Waals surface area (Å²) in [5.74, 6) is 0.959. The molecule has 0 saturated heterocycles. The molecule has 1 N–H and O–H groups in total. The molecule has 1 aliphatic heterocycles. The summed E-state index contributed by atoms with van der Waals surface area (Å²) < 4.78 is 8.82. The number of H-pyrrole nitrogens is 1. The molecule has 2 aliphatic rings. The SMILES string of the molecule is C=Cc1c(CCCOc2cccc3ccccc23)c2c3n1CCCCCCc1n[nH]c(C)c1C3=C(Cl)CC2.CC. The molecule has 0 atom stereocenters. The van der Waals surface area contributed by atoms with Gasteiger partial charge in [0.1, 0.15) is 5.75 Å². The number of nitrogens with one attached hydrogen (secondary N) is 1. The first kappa shape index (κ1) is 28.3. The van der Waals surface area contributed by atoms with E-state index in [2.05, 4.69) is 71.7 Å². The van der Waals surface area contributed by atoms with Crippen LogP contribution in [-0.2, 0) is 25.8 Å². The minimum atomic E-state index is 0.680.